The number of para-hydroxylation sites is 1. The van der Waals surface area contributed by atoms with Crippen LogP contribution in [0, 0.1) is 0 Å². The standard InChI is InChI=1S/C21H29N3O/c1-6-7-14-24(5)20(25)16-12-13-22-19(15-16)23-18-11-9-8-10-17(18)21(2,3)4/h8-13,15H,6-7,14H2,1-5H3,(H,22,23). The molecule has 134 valence electrons. The lowest BCUT2D eigenvalue weighted by molar-refractivity contribution is 0.0793. The van der Waals surface area contributed by atoms with E-state index in [9.17, 15) is 4.79 Å². The minimum atomic E-state index is 0.0252. The van der Waals surface area contributed by atoms with Crippen molar-refractivity contribution in [3.8, 4) is 0 Å². The molecule has 1 amide bonds. The van der Waals surface area contributed by atoms with Crippen LogP contribution in [0.15, 0.2) is 42.6 Å². The van der Waals surface area contributed by atoms with Gasteiger partial charge in [0, 0.05) is 31.0 Å². The number of amides is 1. The molecule has 0 spiro atoms. The van der Waals surface area contributed by atoms with Crippen molar-refractivity contribution in [3.05, 3.63) is 53.7 Å². The molecule has 0 saturated heterocycles. The van der Waals surface area contributed by atoms with Crippen LogP contribution in [0.4, 0.5) is 11.5 Å². The molecule has 0 radical (unpaired) electrons. The minimum absolute atomic E-state index is 0.0252. The Morgan fingerprint density at radius 1 is 1.20 bits per heavy atom. The zero-order valence-corrected chi connectivity index (χ0v) is 16.0. The van der Waals surface area contributed by atoms with Crippen molar-refractivity contribution in [3.63, 3.8) is 0 Å². The summed E-state index contributed by atoms with van der Waals surface area (Å²) in [5.41, 5.74) is 2.92. The molecular weight excluding hydrogens is 310 g/mol. The molecule has 2 rings (SSSR count). The molecule has 1 heterocycles. The van der Waals surface area contributed by atoms with Crippen LogP contribution >= 0.6 is 0 Å². The first-order chi connectivity index (χ1) is 11.8. The average Bonchev–Trinajstić information content (AvgIpc) is 2.58. The van der Waals surface area contributed by atoms with Crippen molar-refractivity contribution in [2.75, 3.05) is 18.9 Å². The Morgan fingerprint density at radius 2 is 1.92 bits per heavy atom. The summed E-state index contributed by atoms with van der Waals surface area (Å²) < 4.78 is 0. The van der Waals surface area contributed by atoms with Crippen molar-refractivity contribution in [2.24, 2.45) is 0 Å². The normalized spacial score (nSPS) is 11.2. The number of aromatic nitrogens is 1. The van der Waals surface area contributed by atoms with Crippen molar-refractivity contribution in [1.82, 2.24) is 9.88 Å². The van der Waals surface area contributed by atoms with Crippen LogP contribution in [0.25, 0.3) is 0 Å². The van der Waals surface area contributed by atoms with Crippen LogP contribution in [0.2, 0.25) is 0 Å². The van der Waals surface area contributed by atoms with E-state index in [0.29, 0.717) is 11.4 Å². The molecule has 0 aliphatic rings. The SMILES string of the molecule is CCCCN(C)C(=O)c1ccnc(Nc2ccccc2C(C)(C)C)c1. The van der Waals surface area contributed by atoms with E-state index >= 15 is 0 Å². The van der Waals surface area contributed by atoms with E-state index in [-0.39, 0.29) is 11.3 Å². The van der Waals surface area contributed by atoms with Crippen molar-refractivity contribution in [1.29, 1.82) is 0 Å². The maximum absolute atomic E-state index is 12.6. The van der Waals surface area contributed by atoms with Gasteiger partial charge in [0.15, 0.2) is 0 Å². The smallest absolute Gasteiger partial charge is 0.253 e. The highest BCUT2D eigenvalue weighted by Gasteiger charge is 2.18. The topological polar surface area (TPSA) is 45.2 Å². The van der Waals surface area contributed by atoms with Gasteiger partial charge in [-0.3, -0.25) is 4.79 Å². The van der Waals surface area contributed by atoms with Crippen LogP contribution in [-0.2, 0) is 5.41 Å². The highest BCUT2D eigenvalue weighted by atomic mass is 16.2. The Labute approximate surface area is 151 Å². The number of pyridine rings is 1. The number of nitrogens with zero attached hydrogens (tertiary/aromatic N) is 2. The van der Waals surface area contributed by atoms with E-state index in [2.05, 4.69) is 44.1 Å². The highest BCUT2D eigenvalue weighted by Crippen LogP contribution is 2.30. The number of anilines is 2. The summed E-state index contributed by atoms with van der Waals surface area (Å²) in [7, 11) is 1.85. The molecule has 4 heteroatoms. The number of carbonyl (C=O) groups is 1. The van der Waals surface area contributed by atoms with Crippen LogP contribution in [-0.4, -0.2) is 29.4 Å². The third-order valence-electron chi connectivity index (χ3n) is 4.20. The summed E-state index contributed by atoms with van der Waals surface area (Å²) >= 11 is 0. The fourth-order valence-corrected chi connectivity index (χ4v) is 2.73. The van der Waals surface area contributed by atoms with Gasteiger partial charge in [-0.1, -0.05) is 52.3 Å². The number of hydrogen-bond acceptors (Lipinski definition) is 3. The minimum Gasteiger partial charge on any atom is -0.342 e. The quantitative estimate of drug-likeness (QED) is 0.806. The molecule has 0 unspecified atom stereocenters. The van der Waals surface area contributed by atoms with Gasteiger partial charge in [0.1, 0.15) is 5.82 Å². The van der Waals surface area contributed by atoms with Crippen molar-refractivity contribution >= 4 is 17.4 Å². The largest absolute Gasteiger partial charge is 0.342 e. The fourth-order valence-electron chi connectivity index (χ4n) is 2.73. The van der Waals surface area contributed by atoms with Crippen LogP contribution in [0.3, 0.4) is 0 Å². The van der Waals surface area contributed by atoms with Gasteiger partial charge in [-0.25, -0.2) is 4.98 Å². The number of nitrogens with one attached hydrogen (secondary N) is 1. The number of rotatable bonds is 6. The molecule has 0 aliphatic carbocycles. The lowest BCUT2D eigenvalue weighted by atomic mass is 9.86. The lowest BCUT2D eigenvalue weighted by Crippen LogP contribution is -2.27. The van der Waals surface area contributed by atoms with E-state index in [1.54, 1.807) is 17.2 Å². The number of carbonyl (C=O) groups excluding carboxylic acids is 1. The number of benzene rings is 1. The van der Waals surface area contributed by atoms with Gasteiger partial charge in [-0.05, 0) is 35.6 Å². The highest BCUT2D eigenvalue weighted by molar-refractivity contribution is 5.94. The maximum atomic E-state index is 12.6. The summed E-state index contributed by atoms with van der Waals surface area (Å²) in [5, 5.41) is 3.37. The molecule has 25 heavy (non-hydrogen) atoms. The predicted molar refractivity (Wildman–Crippen MR) is 105 cm³/mol. The molecule has 0 fully saturated rings. The third kappa shape index (κ3) is 5.05. The molecule has 4 nitrogen and oxygen atoms in total. The Bertz CT molecular complexity index is 719. The van der Waals surface area contributed by atoms with E-state index in [1.807, 2.05) is 31.3 Å². The second-order valence-corrected chi connectivity index (χ2v) is 7.43. The number of hydrogen-bond donors (Lipinski definition) is 1. The Morgan fingerprint density at radius 3 is 2.60 bits per heavy atom. The molecule has 0 atom stereocenters. The second-order valence-electron chi connectivity index (χ2n) is 7.43. The summed E-state index contributed by atoms with van der Waals surface area (Å²) in [5.74, 6) is 0.717. The van der Waals surface area contributed by atoms with Gasteiger partial charge in [0.25, 0.3) is 5.91 Å². The molecule has 1 aromatic carbocycles. The van der Waals surface area contributed by atoms with E-state index in [0.717, 1.165) is 25.1 Å². The molecule has 0 aliphatic heterocycles. The Kier molecular flexibility index (Phi) is 6.18. The average molecular weight is 339 g/mol. The Hall–Kier alpha value is -2.36. The molecule has 0 bridgehead atoms. The first kappa shape index (κ1) is 19.0. The van der Waals surface area contributed by atoms with Gasteiger partial charge >= 0.3 is 0 Å². The number of unbranched alkanes of at least 4 members (excludes halogenated alkanes) is 1. The van der Waals surface area contributed by atoms with Gasteiger partial charge in [0.2, 0.25) is 0 Å². The molecule has 1 N–H and O–H groups in total. The van der Waals surface area contributed by atoms with Crippen LogP contribution in [0.1, 0.15) is 56.5 Å². The van der Waals surface area contributed by atoms with E-state index in [1.165, 1.54) is 5.56 Å². The van der Waals surface area contributed by atoms with E-state index in [4.69, 9.17) is 0 Å². The summed E-state index contributed by atoms with van der Waals surface area (Å²) in [6.07, 6.45) is 3.77. The summed E-state index contributed by atoms with van der Waals surface area (Å²) in [6.45, 7) is 9.45. The second kappa shape index (κ2) is 8.15. The molecule has 2 aromatic rings. The lowest BCUT2D eigenvalue weighted by Gasteiger charge is -2.23. The first-order valence-corrected chi connectivity index (χ1v) is 8.91. The predicted octanol–water partition coefficient (Wildman–Crippen LogP) is 4.99. The van der Waals surface area contributed by atoms with Crippen LogP contribution < -0.4 is 5.32 Å². The molecule has 1 aromatic heterocycles. The zero-order chi connectivity index (χ0) is 18.4. The molecular formula is C21H29N3O. The first-order valence-electron chi connectivity index (χ1n) is 8.91. The van der Waals surface area contributed by atoms with Gasteiger partial charge in [-0.2, -0.15) is 0 Å². The van der Waals surface area contributed by atoms with Crippen molar-refractivity contribution in [2.45, 2.75) is 46.0 Å². The van der Waals surface area contributed by atoms with E-state index < -0.39 is 0 Å². The maximum Gasteiger partial charge on any atom is 0.253 e. The fraction of sp³-hybridized carbons (Fsp3) is 0.429. The van der Waals surface area contributed by atoms with Crippen LogP contribution in [0.5, 0.6) is 0 Å². The monoisotopic (exact) mass is 339 g/mol. The van der Waals surface area contributed by atoms with Gasteiger partial charge in [-0.15, -0.1) is 0 Å². The zero-order valence-electron chi connectivity index (χ0n) is 16.0. The summed E-state index contributed by atoms with van der Waals surface area (Å²) in [4.78, 5) is 18.7. The molecule has 0 saturated carbocycles. The van der Waals surface area contributed by atoms with Gasteiger partial charge < -0.3 is 10.2 Å². The third-order valence-corrected chi connectivity index (χ3v) is 4.20. The van der Waals surface area contributed by atoms with Crippen molar-refractivity contribution < 1.29 is 4.79 Å². The van der Waals surface area contributed by atoms with Gasteiger partial charge in [0.05, 0.1) is 0 Å². The summed E-state index contributed by atoms with van der Waals surface area (Å²) in [6, 6.07) is 11.8. The Balaban J connectivity index is 2.22.